The number of para-hydroxylation sites is 1. The Hall–Kier alpha value is -1.42. The summed E-state index contributed by atoms with van der Waals surface area (Å²) in [7, 11) is 0. The summed E-state index contributed by atoms with van der Waals surface area (Å²) in [5, 5.41) is 0. The number of esters is 1. The van der Waals surface area contributed by atoms with E-state index in [0.29, 0.717) is 6.61 Å². The van der Waals surface area contributed by atoms with E-state index in [9.17, 15) is 4.79 Å². The maximum atomic E-state index is 10.9. The van der Waals surface area contributed by atoms with Crippen LogP contribution in [0.4, 0.5) is 0 Å². The molecule has 0 bridgehead atoms. The molecule has 0 saturated heterocycles. The molecule has 1 aromatic carbocycles. The molecule has 0 fully saturated rings. The van der Waals surface area contributed by atoms with E-state index in [0.717, 1.165) is 5.75 Å². The van der Waals surface area contributed by atoms with Crippen molar-refractivity contribution in [2.45, 2.75) is 0 Å². The zero-order valence-electron chi connectivity index (χ0n) is 8.18. The first kappa shape index (κ1) is 11.7. The highest BCUT2D eigenvalue weighted by Gasteiger charge is 2.02. The second kappa shape index (κ2) is 6.14. The lowest BCUT2D eigenvalue weighted by atomic mass is 10.3. The van der Waals surface area contributed by atoms with Gasteiger partial charge >= 0.3 is 5.97 Å². The number of hydrogen-bond acceptors (Lipinski definition) is 4. The maximum Gasteiger partial charge on any atom is 0.343 e. The predicted octanol–water partition coefficient (Wildman–Crippen LogP) is 2.05. The zero-order chi connectivity index (χ0) is 11.1. The number of carbonyl (C=O) groups is 1. The monoisotopic (exact) mass is 224 g/mol. The van der Waals surface area contributed by atoms with Gasteiger partial charge in [-0.2, -0.15) is 0 Å². The molecular weight excluding hydrogens is 212 g/mol. The first-order valence-corrected chi connectivity index (χ1v) is 4.87. The van der Waals surface area contributed by atoms with Crippen molar-refractivity contribution in [2.75, 3.05) is 13.2 Å². The first-order chi connectivity index (χ1) is 7.20. The van der Waals surface area contributed by atoms with Gasteiger partial charge in [0, 0.05) is 0 Å². The van der Waals surface area contributed by atoms with Crippen molar-refractivity contribution < 1.29 is 14.3 Å². The van der Waals surface area contributed by atoms with Crippen LogP contribution in [0.3, 0.4) is 0 Å². The van der Waals surface area contributed by atoms with Crippen molar-refractivity contribution in [1.29, 1.82) is 0 Å². The van der Waals surface area contributed by atoms with Gasteiger partial charge in [0.25, 0.3) is 0 Å². The molecular formula is C11H12O3S. The molecule has 0 aliphatic heterocycles. The molecule has 0 aliphatic rings. The number of hydrogen-bond donors (Lipinski definition) is 1. The molecule has 15 heavy (non-hydrogen) atoms. The molecule has 80 valence electrons. The highest BCUT2D eigenvalue weighted by molar-refractivity contribution is 7.85. The van der Waals surface area contributed by atoms with Crippen molar-refractivity contribution in [3.05, 3.63) is 41.8 Å². The van der Waals surface area contributed by atoms with Gasteiger partial charge in [0.1, 0.15) is 19.0 Å². The third-order valence-electron chi connectivity index (χ3n) is 1.56. The first-order valence-electron chi connectivity index (χ1n) is 4.43. The standard InChI is InChI=1S/C11H12O3S/c1-9(15)11(12)14-8-7-13-10-5-3-2-4-6-10/h2-6,15H,1,7-8H2. The minimum atomic E-state index is -0.519. The van der Waals surface area contributed by atoms with Crippen LogP contribution in [0, 0.1) is 0 Å². The molecule has 1 aromatic rings. The van der Waals surface area contributed by atoms with Gasteiger partial charge in [0.15, 0.2) is 0 Å². The Kier molecular flexibility index (Phi) is 4.77. The largest absolute Gasteiger partial charge is 0.490 e. The van der Waals surface area contributed by atoms with Gasteiger partial charge in [-0.05, 0) is 12.1 Å². The summed E-state index contributed by atoms with van der Waals surface area (Å²) in [4.78, 5) is 11.0. The third-order valence-corrected chi connectivity index (χ3v) is 1.75. The summed E-state index contributed by atoms with van der Waals surface area (Å²) in [6.07, 6.45) is 0. The number of rotatable bonds is 5. The predicted molar refractivity (Wildman–Crippen MR) is 61.0 cm³/mol. The maximum absolute atomic E-state index is 10.9. The second-order valence-electron chi connectivity index (χ2n) is 2.74. The van der Waals surface area contributed by atoms with Crippen molar-refractivity contribution in [1.82, 2.24) is 0 Å². The summed E-state index contributed by atoms with van der Waals surface area (Å²) in [6, 6.07) is 9.31. The molecule has 0 N–H and O–H groups in total. The highest BCUT2D eigenvalue weighted by atomic mass is 32.1. The average Bonchev–Trinajstić information content (AvgIpc) is 2.25. The highest BCUT2D eigenvalue weighted by Crippen LogP contribution is 2.07. The molecule has 0 radical (unpaired) electrons. The van der Waals surface area contributed by atoms with E-state index in [1.807, 2.05) is 30.3 Å². The normalized spacial score (nSPS) is 9.40. The number of carbonyl (C=O) groups excluding carboxylic acids is 1. The molecule has 1 rings (SSSR count). The van der Waals surface area contributed by atoms with Crippen molar-refractivity contribution in [3.63, 3.8) is 0 Å². The average molecular weight is 224 g/mol. The lowest BCUT2D eigenvalue weighted by molar-refractivity contribution is -0.138. The van der Waals surface area contributed by atoms with Gasteiger partial charge in [-0.15, -0.1) is 12.6 Å². The Morgan fingerprint density at radius 3 is 2.53 bits per heavy atom. The van der Waals surface area contributed by atoms with E-state index >= 15 is 0 Å². The van der Waals surface area contributed by atoms with E-state index in [2.05, 4.69) is 19.2 Å². The fourth-order valence-corrected chi connectivity index (χ4v) is 0.958. The fraction of sp³-hybridized carbons (Fsp3) is 0.182. The topological polar surface area (TPSA) is 35.5 Å². The molecule has 0 amide bonds. The Labute approximate surface area is 94.1 Å². The fourth-order valence-electron chi connectivity index (χ4n) is 0.894. The van der Waals surface area contributed by atoms with Gasteiger partial charge < -0.3 is 9.47 Å². The SMILES string of the molecule is C=C(S)C(=O)OCCOc1ccccc1. The molecule has 0 spiro atoms. The summed E-state index contributed by atoms with van der Waals surface area (Å²) in [5.74, 6) is 0.230. The van der Waals surface area contributed by atoms with E-state index in [-0.39, 0.29) is 11.5 Å². The van der Waals surface area contributed by atoms with E-state index < -0.39 is 5.97 Å². The summed E-state index contributed by atoms with van der Waals surface area (Å²) in [5.41, 5.74) is 0. The smallest absolute Gasteiger partial charge is 0.343 e. The Bertz CT molecular complexity index is 335. The van der Waals surface area contributed by atoms with Gasteiger partial charge in [0.2, 0.25) is 0 Å². The minimum absolute atomic E-state index is 0.0923. The van der Waals surface area contributed by atoms with Crippen molar-refractivity contribution >= 4 is 18.6 Å². The Balaban J connectivity index is 2.18. The minimum Gasteiger partial charge on any atom is -0.490 e. The van der Waals surface area contributed by atoms with Crippen LogP contribution in [0.5, 0.6) is 5.75 Å². The van der Waals surface area contributed by atoms with E-state index in [4.69, 9.17) is 9.47 Å². The lowest BCUT2D eigenvalue weighted by Gasteiger charge is -2.06. The van der Waals surface area contributed by atoms with Gasteiger partial charge in [-0.3, -0.25) is 0 Å². The lowest BCUT2D eigenvalue weighted by Crippen LogP contribution is -2.11. The van der Waals surface area contributed by atoms with Crippen LogP contribution in [0.15, 0.2) is 41.8 Å². The van der Waals surface area contributed by atoms with E-state index in [1.165, 1.54) is 0 Å². The number of thiol groups is 1. The molecule has 0 heterocycles. The Morgan fingerprint density at radius 1 is 1.27 bits per heavy atom. The summed E-state index contributed by atoms with van der Waals surface area (Å²) < 4.78 is 10.1. The van der Waals surface area contributed by atoms with Crippen LogP contribution < -0.4 is 4.74 Å². The van der Waals surface area contributed by atoms with Gasteiger partial charge in [-0.1, -0.05) is 24.8 Å². The molecule has 0 unspecified atom stereocenters. The van der Waals surface area contributed by atoms with E-state index in [1.54, 1.807) is 0 Å². The van der Waals surface area contributed by atoms with Gasteiger partial charge in [-0.25, -0.2) is 4.79 Å². The Morgan fingerprint density at radius 2 is 1.93 bits per heavy atom. The molecule has 0 aliphatic carbocycles. The summed E-state index contributed by atoms with van der Waals surface area (Å²) in [6.45, 7) is 3.84. The molecule has 4 heteroatoms. The van der Waals surface area contributed by atoms with Crippen LogP contribution in [-0.2, 0) is 9.53 Å². The second-order valence-corrected chi connectivity index (χ2v) is 3.28. The quantitative estimate of drug-likeness (QED) is 0.360. The molecule has 0 aromatic heterocycles. The van der Waals surface area contributed by atoms with Crippen molar-refractivity contribution in [2.24, 2.45) is 0 Å². The van der Waals surface area contributed by atoms with Gasteiger partial charge in [0.05, 0.1) is 4.91 Å². The molecule has 0 saturated carbocycles. The number of ether oxygens (including phenoxy) is 2. The van der Waals surface area contributed by atoms with Crippen LogP contribution in [0.25, 0.3) is 0 Å². The van der Waals surface area contributed by atoms with Crippen molar-refractivity contribution in [3.8, 4) is 5.75 Å². The molecule has 0 atom stereocenters. The molecule has 3 nitrogen and oxygen atoms in total. The third kappa shape index (κ3) is 4.56. The zero-order valence-corrected chi connectivity index (χ0v) is 9.07. The van der Waals surface area contributed by atoms with Crippen LogP contribution in [-0.4, -0.2) is 19.2 Å². The number of benzene rings is 1. The van der Waals surface area contributed by atoms with Crippen LogP contribution in [0.1, 0.15) is 0 Å². The van der Waals surface area contributed by atoms with Crippen LogP contribution in [0.2, 0.25) is 0 Å². The summed E-state index contributed by atoms with van der Waals surface area (Å²) >= 11 is 3.76. The van der Waals surface area contributed by atoms with Crippen LogP contribution >= 0.6 is 12.6 Å².